The van der Waals surface area contributed by atoms with Gasteiger partial charge in [-0.05, 0) is 12.1 Å². The van der Waals surface area contributed by atoms with Gasteiger partial charge in [-0.2, -0.15) is 0 Å². The van der Waals surface area contributed by atoms with Gasteiger partial charge in [0.25, 0.3) is 5.91 Å². The molecule has 114 valence electrons. The minimum Gasteiger partial charge on any atom is -0.480 e. The van der Waals surface area contributed by atoms with Crippen LogP contribution >= 0.6 is 0 Å². The average Bonchev–Trinajstić information content (AvgIpc) is 3.01. The number of morpholine rings is 1. The zero-order chi connectivity index (χ0) is 15.2. The summed E-state index contributed by atoms with van der Waals surface area (Å²) in [6.45, 7) is 0.651. The number of carbonyl (C=O) groups is 3. The van der Waals surface area contributed by atoms with E-state index in [4.69, 9.17) is 14.3 Å². The smallest absolute Gasteiger partial charge is 0.328 e. The van der Waals surface area contributed by atoms with Crippen LogP contribution in [0.25, 0.3) is 0 Å². The van der Waals surface area contributed by atoms with Crippen molar-refractivity contribution in [2.24, 2.45) is 0 Å². The molecule has 1 aliphatic heterocycles. The molecule has 0 aromatic carbocycles. The highest BCUT2D eigenvalue weighted by Gasteiger charge is 2.32. The van der Waals surface area contributed by atoms with Gasteiger partial charge in [0.05, 0.1) is 19.5 Å². The molecule has 0 aliphatic carbocycles. The van der Waals surface area contributed by atoms with E-state index in [9.17, 15) is 14.4 Å². The fourth-order valence-electron chi connectivity index (χ4n) is 2.03. The molecule has 2 amide bonds. The molecule has 1 saturated heterocycles. The Morgan fingerprint density at radius 1 is 1.43 bits per heavy atom. The zero-order valence-electron chi connectivity index (χ0n) is 11.3. The first kappa shape index (κ1) is 15.0. The number of furan rings is 1. The number of ether oxygens (including phenoxy) is 1. The molecule has 1 unspecified atom stereocenters. The van der Waals surface area contributed by atoms with Crippen molar-refractivity contribution in [2.75, 3.05) is 26.3 Å². The molecule has 0 bridgehead atoms. The number of nitrogens with one attached hydrogen (secondary N) is 1. The monoisotopic (exact) mass is 296 g/mol. The van der Waals surface area contributed by atoms with Gasteiger partial charge in [0.15, 0.2) is 11.8 Å². The number of carbonyl (C=O) groups excluding carboxylic acids is 2. The molecule has 2 N–H and O–H groups in total. The van der Waals surface area contributed by atoms with Crippen LogP contribution in [0.5, 0.6) is 0 Å². The molecule has 0 radical (unpaired) electrons. The van der Waals surface area contributed by atoms with Gasteiger partial charge in [-0.25, -0.2) is 4.79 Å². The molecule has 1 aromatic rings. The van der Waals surface area contributed by atoms with Crippen LogP contribution in [0.15, 0.2) is 22.8 Å². The van der Waals surface area contributed by atoms with Gasteiger partial charge in [0.2, 0.25) is 5.91 Å². The molecule has 1 aromatic heterocycles. The zero-order valence-corrected chi connectivity index (χ0v) is 11.3. The Bertz CT molecular complexity index is 513. The van der Waals surface area contributed by atoms with E-state index >= 15 is 0 Å². The third kappa shape index (κ3) is 3.82. The van der Waals surface area contributed by atoms with E-state index in [2.05, 4.69) is 5.32 Å². The van der Waals surface area contributed by atoms with Crippen LogP contribution in [-0.4, -0.2) is 60.1 Å². The molecule has 0 spiro atoms. The number of amides is 2. The van der Waals surface area contributed by atoms with E-state index in [1.165, 1.54) is 17.2 Å². The number of carboxylic acid groups (broad SMARTS) is 1. The minimum atomic E-state index is -1.09. The molecule has 1 fully saturated rings. The number of nitrogens with zero attached hydrogens (tertiary/aromatic N) is 1. The molecule has 1 aliphatic rings. The number of hydrogen-bond donors (Lipinski definition) is 2. The predicted octanol–water partition coefficient (Wildman–Crippen LogP) is -0.288. The second kappa shape index (κ2) is 6.89. The SMILES string of the molecule is O=C(NCCC(=O)N1CCOCC1C(=O)O)c1ccco1. The van der Waals surface area contributed by atoms with Crippen LogP contribution in [0.2, 0.25) is 0 Å². The Morgan fingerprint density at radius 3 is 2.90 bits per heavy atom. The largest absolute Gasteiger partial charge is 0.480 e. The first-order chi connectivity index (χ1) is 10.1. The van der Waals surface area contributed by atoms with Gasteiger partial charge >= 0.3 is 5.97 Å². The van der Waals surface area contributed by atoms with Gasteiger partial charge in [0, 0.05) is 19.5 Å². The molecule has 2 rings (SSSR count). The highest BCUT2D eigenvalue weighted by atomic mass is 16.5. The van der Waals surface area contributed by atoms with Crippen LogP contribution in [-0.2, 0) is 14.3 Å². The van der Waals surface area contributed by atoms with E-state index in [-0.39, 0.29) is 37.8 Å². The van der Waals surface area contributed by atoms with E-state index in [1.807, 2.05) is 0 Å². The van der Waals surface area contributed by atoms with Crippen molar-refractivity contribution < 1.29 is 28.6 Å². The van der Waals surface area contributed by atoms with Crippen molar-refractivity contribution in [3.8, 4) is 0 Å². The Balaban J connectivity index is 1.81. The normalized spacial score (nSPS) is 18.3. The maximum atomic E-state index is 12.0. The lowest BCUT2D eigenvalue weighted by atomic mass is 10.2. The van der Waals surface area contributed by atoms with Gasteiger partial charge < -0.3 is 24.5 Å². The van der Waals surface area contributed by atoms with Crippen LogP contribution in [0.4, 0.5) is 0 Å². The van der Waals surface area contributed by atoms with Crippen molar-refractivity contribution in [1.29, 1.82) is 0 Å². The summed E-state index contributed by atoms with van der Waals surface area (Å²) in [5.74, 6) is -1.67. The summed E-state index contributed by atoms with van der Waals surface area (Å²) in [7, 11) is 0. The Hall–Kier alpha value is -2.35. The van der Waals surface area contributed by atoms with Gasteiger partial charge in [-0.1, -0.05) is 0 Å². The third-order valence-corrected chi connectivity index (χ3v) is 3.10. The molecular formula is C13H16N2O6. The lowest BCUT2D eigenvalue weighted by Crippen LogP contribution is -2.53. The summed E-state index contributed by atoms with van der Waals surface area (Å²) in [4.78, 5) is 35.9. The number of hydrogen-bond acceptors (Lipinski definition) is 5. The predicted molar refractivity (Wildman–Crippen MR) is 69.6 cm³/mol. The number of carboxylic acids is 1. The van der Waals surface area contributed by atoms with E-state index in [1.54, 1.807) is 6.07 Å². The standard InChI is InChI=1S/C13H16N2O6/c16-11(15-5-7-20-8-9(15)13(18)19)3-4-14-12(17)10-2-1-6-21-10/h1-2,6,9H,3-5,7-8H2,(H,14,17)(H,18,19). The van der Waals surface area contributed by atoms with Gasteiger partial charge in [0.1, 0.15) is 0 Å². The lowest BCUT2D eigenvalue weighted by molar-refractivity contribution is -0.158. The topological polar surface area (TPSA) is 109 Å². The maximum absolute atomic E-state index is 12.0. The van der Waals surface area contributed by atoms with E-state index in [0.717, 1.165) is 0 Å². The Labute approximate surface area is 120 Å². The summed E-state index contributed by atoms with van der Waals surface area (Å²) in [5, 5.41) is 11.6. The Kier molecular flexibility index (Phi) is 4.94. The van der Waals surface area contributed by atoms with Crippen molar-refractivity contribution >= 4 is 17.8 Å². The lowest BCUT2D eigenvalue weighted by Gasteiger charge is -2.32. The molecule has 21 heavy (non-hydrogen) atoms. The molecule has 0 saturated carbocycles. The number of aliphatic carboxylic acids is 1. The fraction of sp³-hybridized carbons (Fsp3) is 0.462. The van der Waals surface area contributed by atoms with Crippen LogP contribution < -0.4 is 5.32 Å². The summed E-state index contributed by atoms with van der Waals surface area (Å²) in [6.07, 6.45) is 1.40. The number of rotatable bonds is 5. The molecule has 8 nitrogen and oxygen atoms in total. The summed E-state index contributed by atoms with van der Waals surface area (Å²) < 4.78 is 9.97. The highest BCUT2D eigenvalue weighted by molar-refractivity contribution is 5.91. The summed E-state index contributed by atoms with van der Waals surface area (Å²) in [5.41, 5.74) is 0. The first-order valence-corrected chi connectivity index (χ1v) is 6.51. The van der Waals surface area contributed by atoms with Gasteiger partial charge in [-0.3, -0.25) is 9.59 Å². The van der Waals surface area contributed by atoms with Crippen LogP contribution in [0, 0.1) is 0 Å². The van der Waals surface area contributed by atoms with Crippen molar-refractivity contribution in [3.63, 3.8) is 0 Å². The molecule has 1 atom stereocenters. The second-order valence-corrected chi connectivity index (χ2v) is 4.50. The first-order valence-electron chi connectivity index (χ1n) is 6.51. The second-order valence-electron chi connectivity index (χ2n) is 4.50. The summed E-state index contributed by atoms with van der Waals surface area (Å²) in [6, 6.07) is 2.14. The molecule has 8 heteroatoms. The maximum Gasteiger partial charge on any atom is 0.328 e. The molecule has 2 heterocycles. The minimum absolute atomic E-state index is 0.0141. The van der Waals surface area contributed by atoms with Crippen LogP contribution in [0.3, 0.4) is 0 Å². The average molecular weight is 296 g/mol. The highest BCUT2D eigenvalue weighted by Crippen LogP contribution is 2.09. The van der Waals surface area contributed by atoms with Gasteiger partial charge in [-0.15, -0.1) is 0 Å². The quantitative estimate of drug-likeness (QED) is 0.773. The Morgan fingerprint density at radius 2 is 2.24 bits per heavy atom. The van der Waals surface area contributed by atoms with Crippen LogP contribution in [0.1, 0.15) is 17.0 Å². The summed E-state index contributed by atoms with van der Waals surface area (Å²) >= 11 is 0. The fourth-order valence-corrected chi connectivity index (χ4v) is 2.03. The van der Waals surface area contributed by atoms with Crippen molar-refractivity contribution in [1.82, 2.24) is 10.2 Å². The van der Waals surface area contributed by atoms with E-state index < -0.39 is 17.9 Å². The van der Waals surface area contributed by atoms with E-state index in [0.29, 0.717) is 6.61 Å². The third-order valence-electron chi connectivity index (χ3n) is 3.10. The molecular weight excluding hydrogens is 280 g/mol. The van der Waals surface area contributed by atoms with Crippen molar-refractivity contribution in [2.45, 2.75) is 12.5 Å². The van der Waals surface area contributed by atoms with Crippen molar-refractivity contribution in [3.05, 3.63) is 24.2 Å².